The van der Waals surface area contributed by atoms with Crippen molar-refractivity contribution in [1.29, 1.82) is 0 Å². The van der Waals surface area contributed by atoms with Crippen LogP contribution < -0.4 is 14.8 Å². The fraction of sp³-hybridized carbons (Fsp3) is 0.409. The second kappa shape index (κ2) is 10.2. The lowest BCUT2D eigenvalue weighted by molar-refractivity contribution is 0.102. The van der Waals surface area contributed by atoms with Gasteiger partial charge in [0.1, 0.15) is 10.6 Å². The molecule has 0 atom stereocenters. The van der Waals surface area contributed by atoms with Gasteiger partial charge in [-0.2, -0.15) is 4.31 Å². The molecule has 2 N–H and O–H groups in total. The number of aryl methyl sites for hydroxylation is 1. The molecule has 2 aromatic rings. The predicted octanol–water partition coefficient (Wildman–Crippen LogP) is 2.73. The molecule has 33 heavy (non-hydrogen) atoms. The van der Waals surface area contributed by atoms with Crippen LogP contribution in [-0.2, 0) is 20.0 Å². The van der Waals surface area contributed by atoms with Crippen LogP contribution in [0.4, 0.5) is 5.69 Å². The molecular weight excluding hydrogens is 466 g/mol. The average Bonchev–Trinajstić information content (AvgIpc) is 3.10. The quantitative estimate of drug-likeness (QED) is 0.609. The van der Waals surface area contributed by atoms with Gasteiger partial charge in [-0.3, -0.25) is 4.79 Å². The topological polar surface area (TPSA) is 122 Å². The molecule has 1 fully saturated rings. The van der Waals surface area contributed by atoms with Gasteiger partial charge >= 0.3 is 0 Å². The fourth-order valence-corrected chi connectivity index (χ4v) is 6.40. The highest BCUT2D eigenvalue weighted by atomic mass is 32.2. The summed E-state index contributed by atoms with van der Waals surface area (Å²) >= 11 is 0. The summed E-state index contributed by atoms with van der Waals surface area (Å²) in [6.07, 6.45) is 3.66. The minimum Gasteiger partial charge on any atom is -0.495 e. The Hall–Kier alpha value is -2.47. The van der Waals surface area contributed by atoms with Gasteiger partial charge in [0.25, 0.3) is 5.91 Å². The van der Waals surface area contributed by atoms with Gasteiger partial charge in [0.05, 0.1) is 12.0 Å². The molecule has 0 aliphatic carbocycles. The molecule has 0 bridgehead atoms. The zero-order valence-corrected chi connectivity index (χ0v) is 20.6. The second-order valence-electron chi connectivity index (χ2n) is 7.83. The molecular formula is C22H29N3O6S2. The van der Waals surface area contributed by atoms with Crippen LogP contribution in [0.3, 0.4) is 0 Å². The highest BCUT2D eigenvalue weighted by molar-refractivity contribution is 7.89. The van der Waals surface area contributed by atoms with Crippen LogP contribution in [0.15, 0.2) is 46.2 Å². The van der Waals surface area contributed by atoms with Crippen molar-refractivity contribution in [3.63, 3.8) is 0 Å². The molecule has 3 rings (SSSR count). The number of amides is 1. The number of ether oxygens (including phenoxy) is 1. The molecule has 0 saturated carbocycles. The Bertz CT molecular complexity index is 1230. The third kappa shape index (κ3) is 5.55. The molecule has 0 spiro atoms. The molecule has 1 saturated heterocycles. The first-order valence-electron chi connectivity index (χ1n) is 10.6. The summed E-state index contributed by atoms with van der Waals surface area (Å²) in [6, 6.07) is 8.75. The number of benzene rings is 2. The van der Waals surface area contributed by atoms with E-state index in [0.717, 1.165) is 25.7 Å². The van der Waals surface area contributed by atoms with E-state index in [-0.39, 0.29) is 21.1 Å². The normalized spacial score (nSPS) is 15.6. The van der Waals surface area contributed by atoms with E-state index >= 15 is 0 Å². The first-order chi connectivity index (χ1) is 15.6. The minimum absolute atomic E-state index is 0.0853. The van der Waals surface area contributed by atoms with Gasteiger partial charge in [0.2, 0.25) is 20.0 Å². The Kier molecular flexibility index (Phi) is 7.78. The van der Waals surface area contributed by atoms with Gasteiger partial charge in [-0.15, -0.1) is 0 Å². The van der Waals surface area contributed by atoms with Crippen molar-refractivity contribution in [2.24, 2.45) is 0 Å². The first-order valence-corrected chi connectivity index (χ1v) is 13.6. The van der Waals surface area contributed by atoms with Crippen LogP contribution in [0.1, 0.15) is 41.6 Å². The maximum atomic E-state index is 13.3. The van der Waals surface area contributed by atoms with Crippen LogP contribution in [0.5, 0.6) is 5.75 Å². The number of carbonyl (C=O) groups excluding carboxylic acids is 1. The minimum atomic E-state index is -3.86. The van der Waals surface area contributed by atoms with Crippen molar-refractivity contribution in [2.45, 2.75) is 42.4 Å². The molecule has 180 valence electrons. The van der Waals surface area contributed by atoms with Crippen molar-refractivity contribution in [2.75, 3.05) is 32.6 Å². The molecule has 11 heteroatoms. The highest BCUT2D eigenvalue weighted by Gasteiger charge is 2.27. The lowest BCUT2D eigenvalue weighted by atomic mass is 10.2. The van der Waals surface area contributed by atoms with Gasteiger partial charge in [0.15, 0.2) is 0 Å². The van der Waals surface area contributed by atoms with Crippen molar-refractivity contribution >= 4 is 31.6 Å². The SMILES string of the molecule is CNS(=O)(=O)c1cc(C(=O)Nc2ccc(C)c(S(=O)(=O)N3CCCCCC3)c2)ccc1OC. The maximum absolute atomic E-state index is 13.3. The summed E-state index contributed by atoms with van der Waals surface area (Å²) in [4.78, 5) is 12.8. The monoisotopic (exact) mass is 495 g/mol. The van der Waals surface area contributed by atoms with Crippen LogP contribution >= 0.6 is 0 Å². The van der Waals surface area contributed by atoms with E-state index < -0.39 is 26.0 Å². The van der Waals surface area contributed by atoms with E-state index in [2.05, 4.69) is 10.0 Å². The first kappa shape index (κ1) is 25.2. The number of carbonyl (C=O) groups is 1. The molecule has 1 heterocycles. The van der Waals surface area contributed by atoms with E-state index in [1.807, 2.05) is 0 Å². The standard InChI is InChI=1S/C22H29N3O6S2/c1-16-8-10-18(15-20(16)33(29,30)25-12-6-4-5-7-13-25)24-22(26)17-9-11-19(31-3)21(14-17)32(27,28)23-2/h8-11,14-15,23H,4-7,12-13H2,1-3H3,(H,24,26). The fourth-order valence-electron chi connectivity index (χ4n) is 3.72. The molecule has 1 amide bonds. The Labute approximate surface area is 195 Å². The van der Waals surface area contributed by atoms with Gasteiger partial charge < -0.3 is 10.1 Å². The zero-order valence-electron chi connectivity index (χ0n) is 18.9. The largest absolute Gasteiger partial charge is 0.495 e. The Morgan fingerprint density at radius 1 is 0.939 bits per heavy atom. The molecule has 0 radical (unpaired) electrons. The van der Waals surface area contributed by atoms with Crippen molar-refractivity contribution in [3.05, 3.63) is 47.5 Å². The molecule has 2 aromatic carbocycles. The molecule has 0 unspecified atom stereocenters. The van der Waals surface area contributed by atoms with Crippen molar-refractivity contribution in [1.82, 2.24) is 9.03 Å². The molecule has 1 aliphatic rings. The lowest BCUT2D eigenvalue weighted by Gasteiger charge is -2.21. The predicted molar refractivity (Wildman–Crippen MR) is 126 cm³/mol. The third-order valence-electron chi connectivity index (χ3n) is 5.61. The zero-order chi connectivity index (χ0) is 24.2. The summed E-state index contributed by atoms with van der Waals surface area (Å²) in [6.45, 7) is 2.68. The summed E-state index contributed by atoms with van der Waals surface area (Å²) < 4.78 is 59.9. The number of hydrogen-bond acceptors (Lipinski definition) is 6. The number of nitrogens with one attached hydrogen (secondary N) is 2. The highest BCUT2D eigenvalue weighted by Crippen LogP contribution is 2.28. The van der Waals surface area contributed by atoms with Crippen molar-refractivity contribution in [3.8, 4) is 5.75 Å². The maximum Gasteiger partial charge on any atom is 0.255 e. The van der Waals surface area contributed by atoms with Gasteiger partial charge in [-0.05, 0) is 62.7 Å². The van der Waals surface area contributed by atoms with E-state index in [1.54, 1.807) is 19.1 Å². The summed E-state index contributed by atoms with van der Waals surface area (Å²) in [5.74, 6) is -0.478. The number of sulfonamides is 2. The van der Waals surface area contributed by atoms with Crippen molar-refractivity contribution < 1.29 is 26.4 Å². The number of hydrogen-bond donors (Lipinski definition) is 2. The van der Waals surface area contributed by atoms with E-state index in [4.69, 9.17) is 4.74 Å². The number of anilines is 1. The lowest BCUT2D eigenvalue weighted by Crippen LogP contribution is -2.32. The van der Waals surface area contributed by atoms with E-state index in [1.165, 1.54) is 42.7 Å². The third-order valence-corrected chi connectivity index (χ3v) is 9.09. The molecule has 9 nitrogen and oxygen atoms in total. The van der Waals surface area contributed by atoms with Gasteiger partial charge in [-0.25, -0.2) is 21.6 Å². The summed E-state index contributed by atoms with van der Waals surface area (Å²) in [7, 11) is -4.96. The van der Waals surface area contributed by atoms with Gasteiger partial charge in [-0.1, -0.05) is 18.9 Å². The second-order valence-corrected chi connectivity index (χ2v) is 11.6. The van der Waals surface area contributed by atoms with Crippen LogP contribution in [0.25, 0.3) is 0 Å². The van der Waals surface area contributed by atoms with Crippen LogP contribution in [0, 0.1) is 6.92 Å². The van der Waals surface area contributed by atoms with E-state index in [9.17, 15) is 21.6 Å². The number of rotatable bonds is 7. The Morgan fingerprint density at radius 3 is 2.21 bits per heavy atom. The van der Waals surface area contributed by atoms with Crippen LogP contribution in [-0.4, -0.2) is 54.3 Å². The summed E-state index contributed by atoms with van der Waals surface area (Å²) in [5, 5.41) is 2.67. The smallest absolute Gasteiger partial charge is 0.255 e. The Balaban J connectivity index is 1.90. The summed E-state index contributed by atoms with van der Waals surface area (Å²) in [5.41, 5.74) is 0.971. The molecule has 1 aliphatic heterocycles. The number of nitrogens with zero attached hydrogens (tertiary/aromatic N) is 1. The van der Waals surface area contributed by atoms with Gasteiger partial charge in [0, 0.05) is 24.3 Å². The van der Waals surface area contributed by atoms with E-state index in [0.29, 0.717) is 24.3 Å². The average molecular weight is 496 g/mol. The Morgan fingerprint density at radius 2 is 1.61 bits per heavy atom. The number of methoxy groups -OCH3 is 1. The molecule has 0 aromatic heterocycles. The van der Waals surface area contributed by atoms with Crippen LogP contribution in [0.2, 0.25) is 0 Å².